The van der Waals surface area contributed by atoms with Gasteiger partial charge in [-0.15, -0.1) is 11.8 Å². The molecule has 202 valence electrons. The van der Waals surface area contributed by atoms with Crippen LogP contribution in [0.2, 0.25) is 0 Å². The van der Waals surface area contributed by atoms with Crippen molar-refractivity contribution in [3.05, 3.63) is 35.4 Å². The van der Waals surface area contributed by atoms with E-state index in [1.165, 1.54) is 0 Å². The monoisotopic (exact) mass is 542 g/mol. The number of nitrogens with one attached hydrogen (secondary N) is 3. The van der Waals surface area contributed by atoms with E-state index in [9.17, 15) is 0 Å². The summed E-state index contributed by atoms with van der Waals surface area (Å²) >= 11 is 3.26. The van der Waals surface area contributed by atoms with Gasteiger partial charge in [0.1, 0.15) is 23.2 Å². The molecule has 0 spiro atoms. The number of hydrogen-bond donors (Lipinski definition) is 4. The fourth-order valence-electron chi connectivity index (χ4n) is 4.11. The van der Waals surface area contributed by atoms with E-state index in [0.29, 0.717) is 53.4 Å². The highest BCUT2D eigenvalue weighted by Crippen LogP contribution is 2.53. The number of hydrogen-bond acceptors (Lipinski definition) is 7. The maximum atomic E-state index is 8.72. The van der Waals surface area contributed by atoms with Crippen molar-refractivity contribution in [3.8, 4) is 11.5 Å². The summed E-state index contributed by atoms with van der Waals surface area (Å²) in [7, 11) is 0. The maximum absolute atomic E-state index is 8.72. The second-order valence-corrected chi connectivity index (χ2v) is 13.2. The Morgan fingerprint density at radius 2 is 1.32 bits per heavy atom. The highest BCUT2D eigenvalue weighted by Gasteiger charge is 2.36. The zero-order valence-electron chi connectivity index (χ0n) is 23.0. The highest BCUT2D eigenvalue weighted by atomic mass is 32.2. The molecule has 0 bridgehead atoms. The lowest BCUT2D eigenvalue weighted by molar-refractivity contribution is 0.277. The molecule has 0 radical (unpaired) electrons. The Labute approximate surface area is 230 Å². The molecule has 0 atom stereocenters. The largest absolute Gasteiger partial charge is 0.492 e. The van der Waals surface area contributed by atoms with Gasteiger partial charge in [-0.3, -0.25) is 10.8 Å². The molecule has 1 aliphatic heterocycles. The maximum Gasteiger partial charge on any atom is 0.146 e. The predicted octanol–water partition coefficient (Wildman–Crippen LogP) is 7.80. The van der Waals surface area contributed by atoms with Crippen LogP contribution in [0.1, 0.15) is 78.4 Å². The first-order chi connectivity index (χ1) is 17.6. The van der Waals surface area contributed by atoms with Crippen molar-refractivity contribution in [1.29, 1.82) is 10.8 Å². The second kappa shape index (κ2) is 13.5. The summed E-state index contributed by atoms with van der Waals surface area (Å²) < 4.78 is 13.0. The standard InChI is InChI=1S/C29H42N4O2S2/c1-17(2)11-9-15-34-24-22-23(29(32)33-28(22)31)25(35-16-10-12-18(3)4)27(26(24)36-19(5)6)37-21-14-8-7-13-20(21)30/h7-8,13-14,17-19H,9-12,15-16,30H2,1-6H3,(H3,31,32,33). The second-order valence-electron chi connectivity index (χ2n) is 10.5. The van der Waals surface area contributed by atoms with E-state index in [1.54, 1.807) is 23.5 Å². The van der Waals surface area contributed by atoms with Crippen molar-refractivity contribution in [2.24, 2.45) is 11.8 Å². The summed E-state index contributed by atoms with van der Waals surface area (Å²) in [6.07, 6.45) is 3.98. The van der Waals surface area contributed by atoms with E-state index in [0.717, 1.165) is 40.4 Å². The van der Waals surface area contributed by atoms with Crippen LogP contribution in [0.5, 0.6) is 11.5 Å². The molecule has 0 aliphatic carbocycles. The first kappa shape index (κ1) is 29.2. The van der Waals surface area contributed by atoms with Gasteiger partial charge in [-0.2, -0.15) is 0 Å². The molecule has 0 saturated heterocycles. The molecule has 5 N–H and O–H groups in total. The van der Waals surface area contributed by atoms with E-state index in [1.807, 2.05) is 24.3 Å². The summed E-state index contributed by atoms with van der Waals surface area (Å²) in [4.78, 5) is 2.78. The average Bonchev–Trinajstić information content (AvgIpc) is 3.11. The molecule has 6 nitrogen and oxygen atoms in total. The topological polar surface area (TPSA) is 104 Å². The van der Waals surface area contributed by atoms with Gasteiger partial charge >= 0.3 is 0 Å². The number of benzene rings is 2. The normalized spacial score (nSPS) is 13.0. The van der Waals surface area contributed by atoms with Gasteiger partial charge in [0, 0.05) is 15.8 Å². The van der Waals surface area contributed by atoms with Gasteiger partial charge in [0.25, 0.3) is 0 Å². The van der Waals surface area contributed by atoms with Gasteiger partial charge < -0.3 is 20.5 Å². The third-order valence-corrected chi connectivity index (χ3v) is 8.31. The van der Waals surface area contributed by atoms with Crippen LogP contribution in [-0.4, -0.2) is 30.1 Å². The molecule has 0 amide bonds. The smallest absolute Gasteiger partial charge is 0.146 e. The van der Waals surface area contributed by atoms with Gasteiger partial charge in [-0.05, 0) is 49.7 Å². The van der Waals surface area contributed by atoms with Crippen LogP contribution >= 0.6 is 23.5 Å². The first-order valence-electron chi connectivity index (χ1n) is 13.2. The van der Waals surface area contributed by atoms with Crippen LogP contribution in [0.4, 0.5) is 5.69 Å². The first-order valence-corrected chi connectivity index (χ1v) is 14.9. The summed E-state index contributed by atoms with van der Waals surface area (Å²) in [5, 5.41) is 20.6. The summed E-state index contributed by atoms with van der Waals surface area (Å²) in [6.45, 7) is 14.3. The van der Waals surface area contributed by atoms with E-state index in [-0.39, 0.29) is 16.9 Å². The SMILES string of the molecule is CC(C)CCCOc1c(Sc2ccccc2N)c(SC(C)C)c(OCCCC(C)C)c2c1C(=N)NC2=N. The summed E-state index contributed by atoms with van der Waals surface area (Å²) in [5.41, 5.74) is 8.29. The number of amidine groups is 2. The molecule has 2 aromatic carbocycles. The van der Waals surface area contributed by atoms with Crippen molar-refractivity contribution < 1.29 is 9.47 Å². The quantitative estimate of drug-likeness (QED) is 0.110. The van der Waals surface area contributed by atoms with Crippen LogP contribution in [0, 0.1) is 22.7 Å². The fraction of sp³-hybridized carbons (Fsp3) is 0.517. The number of nitrogen functional groups attached to an aromatic ring is 1. The average molecular weight is 543 g/mol. The molecule has 8 heteroatoms. The number of anilines is 1. The van der Waals surface area contributed by atoms with Gasteiger partial charge in [0.05, 0.1) is 34.1 Å². The molecule has 3 rings (SSSR count). The lowest BCUT2D eigenvalue weighted by atomic mass is 10.1. The molecule has 1 aliphatic rings. The number of rotatable bonds is 14. The molecule has 0 aromatic heterocycles. The minimum atomic E-state index is 0.176. The minimum absolute atomic E-state index is 0.176. The number of thioether (sulfide) groups is 1. The Morgan fingerprint density at radius 3 is 1.81 bits per heavy atom. The fourth-order valence-corrected chi connectivity index (χ4v) is 6.31. The minimum Gasteiger partial charge on any atom is -0.492 e. The number of para-hydroxylation sites is 1. The molecule has 0 saturated carbocycles. The zero-order valence-corrected chi connectivity index (χ0v) is 24.6. The van der Waals surface area contributed by atoms with Crippen LogP contribution in [0.25, 0.3) is 0 Å². The number of fused-ring (bicyclic) bond motifs is 1. The molecule has 37 heavy (non-hydrogen) atoms. The van der Waals surface area contributed by atoms with Crippen molar-refractivity contribution in [2.75, 3.05) is 18.9 Å². The molecule has 1 heterocycles. The lowest BCUT2D eigenvalue weighted by Gasteiger charge is -2.24. The van der Waals surface area contributed by atoms with E-state index in [4.69, 9.17) is 26.0 Å². The van der Waals surface area contributed by atoms with Gasteiger partial charge in [-0.1, -0.05) is 65.4 Å². The number of nitrogens with two attached hydrogens (primary N) is 1. The predicted molar refractivity (Wildman–Crippen MR) is 158 cm³/mol. The van der Waals surface area contributed by atoms with E-state index >= 15 is 0 Å². The van der Waals surface area contributed by atoms with Crippen LogP contribution in [0.3, 0.4) is 0 Å². The third-order valence-electron chi connectivity index (χ3n) is 5.90. The van der Waals surface area contributed by atoms with E-state index in [2.05, 4.69) is 46.9 Å². The van der Waals surface area contributed by atoms with Crippen LogP contribution in [0.15, 0.2) is 39.0 Å². The zero-order chi connectivity index (χ0) is 27.1. The molecule has 2 aromatic rings. The Hall–Kier alpha value is -2.32. The van der Waals surface area contributed by atoms with Crippen molar-refractivity contribution in [3.63, 3.8) is 0 Å². The Kier molecular flexibility index (Phi) is 10.6. The highest BCUT2D eigenvalue weighted by molar-refractivity contribution is 8.02. The van der Waals surface area contributed by atoms with Crippen molar-refractivity contribution in [2.45, 2.75) is 87.2 Å². The third kappa shape index (κ3) is 7.60. The summed E-state index contributed by atoms with van der Waals surface area (Å²) in [6, 6.07) is 7.82. The van der Waals surface area contributed by atoms with Gasteiger partial charge in [0.2, 0.25) is 0 Å². The van der Waals surface area contributed by atoms with Crippen molar-refractivity contribution >= 4 is 40.9 Å². The van der Waals surface area contributed by atoms with Gasteiger partial charge in [0.15, 0.2) is 0 Å². The molecule has 0 unspecified atom stereocenters. The Balaban J connectivity index is 2.18. The Morgan fingerprint density at radius 1 is 0.811 bits per heavy atom. The van der Waals surface area contributed by atoms with Crippen LogP contribution in [-0.2, 0) is 0 Å². The lowest BCUT2D eigenvalue weighted by Crippen LogP contribution is -2.20. The van der Waals surface area contributed by atoms with Crippen molar-refractivity contribution in [1.82, 2.24) is 5.32 Å². The molecular weight excluding hydrogens is 500 g/mol. The van der Waals surface area contributed by atoms with E-state index < -0.39 is 0 Å². The molecule has 0 fully saturated rings. The summed E-state index contributed by atoms with van der Waals surface area (Å²) in [5.74, 6) is 2.87. The van der Waals surface area contributed by atoms with Gasteiger partial charge in [-0.25, -0.2) is 0 Å². The van der Waals surface area contributed by atoms with Crippen LogP contribution < -0.4 is 20.5 Å². The Bertz CT molecular complexity index is 1120. The number of ether oxygens (including phenoxy) is 2. The molecular formula is C29H42N4O2S2.